The summed E-state index contributed by atoms with van der Waals surface area (Å²) in [5.41, 5.74) is 0.265. The molecule has 2 heteroatoms. The average molecular weight is 325 g/mol. The summed E-state index contributed by atoms with van der Waals surface area (Å²) in [6, 6.07) is 0. The second kappa shape index (κ2) is 8.34. The molecule has 4 atom stereocenters. The van der Waals surface area contributed by atoms with Gasteiger partial charge in [-0.05, 0) is 51.9 Å². The van der Waals surface area contributed by atoms with E-state index in [-0.39, 0.29) is 5.60 Å². The molecule has 2 nitrogen and oxygen atoms in total. The number of unbranched alkanes of at least 4 members (excludes halogenated alkanes) is 5. The minimum atomic E-state index is -0.0441. The molecule has 4 unspecified atom stereocenters. The Morgan fingerprint density at radius 2 is 1.65 bits per heavy atom. The molecule has 0 bridgehead atoms. The Kier molecular flexibility index (Phi) is 6.98. The number of fused-ring (bicyclic) bond motifs is 1. The van der Waals surface area contributed by atoms with Crippen LogP contribution in [-0.4, -0.2) is 24.9 Å². The molecule has 2 fully saturated rings. The molecule has 1 aliphatic carbocycles. The third kappa shape index (κ3) is 4.31. The van der Waals surface area contributed by atoms with Crippen LogP contribution >= 0.6 is 0 Å². The monoisotopic (exact) mass is 324 g/mol. The van der Waals surface area contributed by atoms with E-state index >= 15 is 0 Å². The zero-order valence-corrected chi connectivity index (χ0v) is 16.3. The molecule has 0 aromatic rings. The lowest BCUT2D eigenvalue weighted by molar-refractivity contribution is -0.131. The first-order valence-electron chi connectivity index (χ1n) is 10.2. The number of methoxy groups -OCH3 is 1. The van der Waals surface area contributed by atoms with Crippen molar-refractivity contribution in [3.05, 3.63) is 0 Å². The summed E-state index contributed by atoms with van der Waals surface area (Å²) in [5.74, 6) is 0.766. The van der Waals surface area contributed by atoms with Crippen molar-refractivity contribution >= 4 is 0 Å². The van der Waals surface area contributed by atoms with Crippen LogP contribution in [0.4, 0.5) is 0 Å². The van der Waals surface area contributed by atoms with Crippen molar-refractivity contribution in [3.63, 3.8) is 0 Å². The lowest BCUT2D eigenvalue weighted by Crippen LogP contribution is -2.51. The Balaban J connectivity index is 1.98. The minimum Gasteiger partial charge on any atom is -0.378 e. The van der Waals surface area contributed by atoms with Crippen LogP contribution in [0.2, 0.25) is 0 Å². The van der Waals surface area contributed by atoms with Crippen LogP contribution in [0.15, 0.2) is 0 Å². The van der Waals surface area contributed by atoms with Crippen LogP contribution in [0.25, 0.3) is 0 Å². The van der Waals surface area contributed by atoms with Crippen molar-refractivity contribution in [1.29, 1.82) is 0 Å². The summed E-state index contributed by atoms with van der Waals surface area (Å²) in [6.45, 7) is 9.33. The first-order valence-corrected chi connectivity index (χ1v) is 10.2. The van der Waals surface area contributed by atoms with Crippen molar-refractivity contribution in [2.24, 2.45) is 11.3 Å². The van der Waals surface area contributed by atoms with Gasteiger partial charge in [-0.25, -0.2) is 0 Å². The van der Waals surface area contributed by atoms with E-state index in [1.165, 1.54) is 70.6 Å². The number of hydrogen-bond acceptors (Lipinski definition) is 2. The number of rotatable bonds is 11. The smallest absolute Gasteiger partial charge is 0.0844 e. The molecule has 1 heterocycles. The zero-order valence-electron chi connectivity index (χ0n) is 16.3. The van der Waals surface area contributed by atoms with Crippen molar-refractivity contribution in [3.8, 4) is 0 Å². The predicted octanol–water partition coefficient (Wildman–Crippen LogP) is 6.13. The molecule has 0 aromatic carbocycles. The Hall–Kier alpha value is -0.0800. The van der Waals surface area contributed by atoms with E-state index in [9.17, 15) is 0 Å². The lowest BCUT2D eigenvalue weighted by Gasteiger charge is -2.52. The van der Waals surface area contributed by atoms with Crippen LogP contribution in [0.3, 0.4) is 0 Å². The highest BCUT2D eigenvalue weighted by Gasteiger charge is 2.54. The van der Waals surface area contributed by atoms with Crippen LogP contribution in [0, 0.1) is 11.3 Å². The molecule has 1 aliphatic heterocycles. The van der Waals surface area contributed by atoms with Crippen molar-refractivity contribution < 1.29 is 9.47 Å². The molecule has 0 amide bonds. The lowest BCUT2D eigenvalue weighted by atomic mass is 9.57. The first kappa shape index (κ1) is 19.2. The van der Waals surface area contributed by atoms with Crippen LogP contribution in [-0.2, 0) is 9.47 Å². The number of epoxide rings is 1. The predicted molar refractivity (Wildman–Crippen MR) is 97.8 cm³/mol. The maximum atomic E-state index is 6.05. The molecule has 1 saturated carbocycles. The number of ether oxygens (including phenoxy) is 2. The van der Waals surface area contributed by atoms with Gasteiger partial charge in [-0.15, -0.1) is 0 Å². The Morgan fingerprint density at radius 3 is 2.26 bits per heavy atom. The standard InChI is InChI=1S/C21H40O2/c1-6-8-9-10-11-12-15-21(7-2,20(3,4)22-5)17-13-14-18-19(16-17)23-18/h17-19H,6-16H2,1-5H3. The van der Waals surface area contributed by atoms with E-state index in [2.05, 4.69) is 27.7 Å². The molecule has 2 aliphatic rings. The Bertz CT molecular complexity index is 352. The second-order valence-electron chi connectivity index (χ2n) is 8.46. The van der Waals surface area contributed by atoms with Crippen molar-refractivity contribution in [1.82, 2.24) is 0 Å². The van der Waals surface area contributed by atoms with Crippen molar-refractivity contribution in [2.75, 3.05) is 7.11 Å². The van der Waals surface area contributed by atoms with Gasteiger partial charge < -0.3 is 9.47 Å². The second-order valence-corrected chi connectivity index (χ2v) is 8.46. The molecule has 23 heavy (non-hydrogen) atoms. The van der Waals surface area contributed by atoms with E-state index in [1.54, 1.807) is 0 Å². The van der Waals surface area contributed by atoms with E-state index in [0.717, 1.165) is 5.92 Å². The molecule has 0 aromatic heterocycles. The zero-order chi connectivity index (χ0) is 16.9. The topological polar surface area (TPSA) is 21.8 Å². The molecule has 2 rings (SSSR count). The molecule has 0 spiro atoms. The van der Waals surface area contributed by atoms with Gasteiger partial charge in [0.2, 0.25) is 0 Å². The highest BCUT2D eigenvalue weighted by Crippen LogP contribution is 2.55. The van der Waals surface area contributed by atoms with Gasteiger partial charge >= 0.3 is 0 Å². The largest absolute Gasteiger partial charge is 0.378 e. The summed E-state index contributed by atoms with van der Waals surface area (Å²) in [4.78, 5) is 0. The van der Waals surface area contributed by atoms with Gasteiger partial charge in [-0.2, -0.15) is 0 Å². The van der Waals surface area contributed by atoms with Crippen LogP contribution in [0.5, 0.6) is 0 Å². The molecule has 0 N–H and O–H groups in total. The summed E-state index contributed by atoms with van der Waals surface area (Å²) in [5, 5.41) is 0. The third-order valence-corrected chi connectivity index (χ3v) is 7.10. The average Bonchev–Trinajstić information content (AvgIpc) is 3.33. The fourth-order valence-electron chi connectivity index (χ4n) is 5.22. The number of hydrogen-bond donors (Lipinski definition) is 0. The minimum absolute atomic E-state index is 0.0441. The Labute approximate surface area is 144 Å². The van der Waals surface area contributed by atoms with Gasteiger partial charge in [-0.1, -0.05) is 52.4 Å². The quantitative estimate of drug-likeness (QED) is 0.337. The normalized spacial score (nSPS) is 29.9. The van der Waals surface area contributed by atoms with Crippen molar-refractivity contribution in [2.45, 2.75) is 116 Å². The summed E-state index contributed by atoms with van der Waals surface area (Å²) >= 11 is 0. The van der Waals surface area contributed by atoms with Gasteiger partial charge in [0.15, 0.2) is 0 Å². The van der Waals surface area contributed by atoms with Gasteiger partial charge in [0.05, 0.1) is 17.8 Å². The van der Waals surface area contributed by atoms with Crippen LogP contribution < -0.4 is 0 Å². The maximum Gasteiger partial charge on any atom is 0.0844 e. The molecular weight excluding hydrogens is 284 g/mol. The summed E-state index contributed by atoms with van der Waals surface area (Å²) in [6.07, 6.45) is 15.9. The fraction of sp³-hybridized carbons (Fsp3) is 1.00. The van der Waals surface area contributed by atoms with E-state index in [0.29, 0.717) is 17.6 Å². The highest BCUT2D eigenvalue weighted by atomic mass is 16.6. The van der Waals surface area contributed by atoms with Gasteiger partial charge in [0, 0.05) is 12.5 Å². The van der Waals surface area contributed by atoms with Gasteiger partial charge in [0.1, 0.15) is 0 Å². The van der Waals surface area contributed by atoms with Crippen LogP contribution in [0.1, 0.15) is 98.3 Å². The SMILES string of the molecule is CCCCCCCCC(CC)(C1CCC2OC2C1)C(C)(C)OC. The third-order valence-electron chi connectivity index (χ3n) is 7.10. The van der Waals surface area contributed by atoms with Gasteiger partial charge in [-0.3, -0.25) is 0 Å². The summed E-state index contributed by atoms with van der Waals surface area (Å²) in [7, 11) is 1.91. The first-order chi connectivity index (χ1) is 11.0. The van der Waals surface area contributed by atoms with Gasteiger partial charge in [0.25, 0.3) is 0 Å². The van der Waals surface area contributed by atoms with E-state index in [4.69, 9.17) is 9.47 Å². The highest BCUT2D eigenvalue weighted by molar-refractivity contribution is 5.04. The molecule has 136 valence electrons. The maximum absolute atomic E-state index is 6.05. The van der Waals surface area contributed by atoms with E-state index in [1.807, 2.05) is 7.11 Å². The summed E-state index contributed by atoms with van der Waals surface area (Å²) < 4.78 is 11.9. The molecule has 0 radical (unpaired) electrons. The Morgan fingerprint density at radius 1 is 0.957 bits per heavy atom. The fourth-order valence-corrected chi connectivity index (χ4v) is 5.22. The molecular formula is C21H40O2. The van der Waals surface area contributed by atoms with E-state index < -0.39 is 0 Å². The molecule has 1 saturated heterocycles.